The number of carboxylic acids is 3. The number of benzene rings is 3. The van der Waals surface area contributed by atoms with E-state index in [1.165, 1.54) is 72.5 Å². The van der Waals surface area contributed by atoms with Gasteiger partial charge >= 0.3 is 17.9 Å². The summed E-state index contributed by atoms with van der Waals surface area (Å²) in [6, 6.07) is -4.26. The third-order valence-electron chi connectivity index (χ3n) is 20.2. The van der Waals surface area contributed by atoms with Crippen LogP contribution in [-0.2, 0) is 110 Å². The highest BCUT2D eigenvalue weighted by Crippen LogP contribution is 2.18. The van der Waals surface area contributed by atoms with Crippen LogP contribution in [0.2, 0.25) is 0 Å². The minimum atomic E-state index is -2.23. The number of amides is 16. The van der Waals surface area contributed by atoms with E-state index in [-0.39, 0.29) is 67.7 Å². The number of phenolic OH excluding ortho intramolecular Hbond substituents is 2. The molecule has 16 atom stereocenters. The molecule has 1 aliphatic rings. The number of phenols is 2. The molecule has 0 spiro atoms. The van der Waals surface area contributed by atoms with Crippen molar-refractivity contribution in [2.75, 3.05) is 45.9 Å². The smallest absolute Gasteiger partial charge is 0.305 e. The minimum absolute atomic E-state index is 0.0785. The number of unbranched alkanes of at least 4 members (excludes halogenated alkanes) is 1. The molecular formula is C83H121N17O28. The van der Waals surface area contributed by atoms with Crippen molar-refractivity contribution in [3.8, 4) is 11.5 Å². The van der Waals surface area contributed by atoms with Gasteiger partial charge in [-0.15, -0.1) is 0 Å². The molecule has 26 N–H and O–H groups in total. The summed E-state index contributed by atoms with van der Waals surface area (Å²) in [5, 5.41) is 128. The Kier molecular flexibility index (Phi) is 45.9. The van der Waals surface area contributed by atoms with Crippen molar-refractivity contribution in [1.29, 1.82) is 0 Å². The molecule has 1 aliphatic heterocycles. The molecule has 4 rings (SSSR count). The maximum Gasteiger partial charge on any atom is 0.305 e. The molecule has 1 fully saturated rings. The van der Waals surface area contributed by atoms with Crippen LogP contribution in [0.3, 0.4) is 0 Å². The lowest BCUT2D eigenvalue weighted by Gasteiger charge is -2.30. The third-order valence-corrected chi connectivity index (χ3v) is 20.2. The van der Waals surface area contributed by atoms with E-state index in [0.717, 1.165) is 13.8 Å². The van der Waals surface area contributed by atoms with E-state index in [1.54, 1.807) is 45.9 Å². The van der Waals surface area contributed by atoms with Crippen LogP contribution in [0, 0.1) is 11.8 Å². The highest BCUT2D eigenvalue weighted by atomic mass is 16.4. The van der Waals surface area contributed by atoms with Crippen molar-refractivity contribution in [1.82, 2.24) is 84.7 Å². The number of hydrogen-bond donors (Lipinski definition) is 25. The fourth-order valence-electron chi connectivity index (χ4n) is 13.0. The molecule has 128 heavy (non-hydrogen) atoms. The monoisotopic (exact) mass is 1800 g/mol. The largest absolute Gasteiger partial charge is 0.508 e. The van der Waals surface area contributed by atoms with Crippen molar-refractivity contribution in [2.24, 2.45) is 17.6 Å². The van der Waals surface area contributed by atoms with Crippen molar-refractivity contribution in [3.63, 3.8) is 0 Å². The Morgan fingerprint density at radius 1 is 0.414 bits per heavy atom. The summed E-state index contributed by atoms with van der Waals surface area (Å²) in [5.41, 5.74) is 6.49. The first-order chi connectivity index (χ1) is 60.4. The third kappa shape index (κ3) is 38.4. The van der Waals surface area contributed by atoms with Crippen LogP contribution >= 0.6 is 0 Å². The van der Waals surface area contributed by atoms with Gasteiger partial charge in [-0.1, -0.05) is 95.1 Å². The Bertz CT molecular complexity index is 4290. The molecule has 0 radical (unpaired) electrons. The maximum atomic E-state index is 14.7. The number of carbonyl (C=O) groups is 19. The van der Waals surface area contributed by atoms with Gasteiger partial charge in [-0.05, 0) is 112 Å². The van der Waals surface area contributed by atoms with Crippen molar-refractivity contribution in [2.45, 2.75) is 236 Å². The van der Waals surface area contributed by atoms with Crippen LogP contribution in [0.5, 0.6) is 11.5 Å². The van der Waals surface area contributed by atoms with Gasteiger partial charge < -0.3 is 136 Å². The van der Waals surface area contributed by atoms with Gasteiger partial charge in [-0.3, -0.25) is 91.1 Å². The van der Waals surface area contributed by atoms with Crippen LogP contribution in [-0.4, -0.2) is 300 Å². The lowest BCUT2D eigenvalue weighted by Crippen LogP contribution is -2.63. The predicted molar refractivity (Wildman–Crippen MR) is 452 cm³/mol. The summed E-state index contributed by atoms with van der Waals surface area (Å²) in [6.45, 7) is 7.10. The van der Waals surface area contributed by atoms with Crippen LogP contribution in [0.25, 0.3) is 0 Å². The Hall–Kier alpha value is -13.0. The normalized spacial score (nSPS) is 15.5. The van der Waals surface area contributed by atoms with Gasteiger partial charge in [0.25, 0.3) is 0 Å². The lowest BCUT2D eigenvalue weighted by atomic mass is 9.96. The Morgan fingerprint density at radius 3 is 1.29 bits per heavy atom. The van der Waals surface area contributed by atoms with E-state index in [9.17, 15) is 137 Å². The number of carboxylic acid groups (broad SMARTS) is 3. The number of rotatable bonds is 57. The first-order valence-electron chi connectivity index (χ1n) is 41.7. The number of aliphatic carboxylic acids is 3. The Labute approximate surface area is 737 Å². The number of nitrogens with one attached hydrogen (secondary N) is 15. The molecule has 3 aromatic carbocycles. The van der Waals surface area contributed by atoms with E-state index in [1.807, 2.05) is 0 Å². The first kappa shape index (κ1) is 107. The molecule has 706 valence electrons. The standard InChI is InChI=1S/C83H121N17O28/c1-8-44(4)69(81(126)93-56(36-50-21-25-52(106)26-22-50)75(120)89-54(33-43(2)3)74(119)91-58(37-67(113)114)73(118)87-45(5)15-12-13-30-84)98-80(125)61(42-102)95-76(121)55(35-49-19-23-51(105)24-20-49)90-77(122)59(38-68(115)116)92-79(124)60(41-101)96-83(128)71(47(7)104)99-78(123)57(34-48-16-10-9-11-17-48)94-82(127)70(46(6)103)97-63(108)39-86-72(117)53(27-28-66(111)112)88-62(107)29-31-85-64(109)40-100-32-14-18-65(100)110/h9-11,16-17,19-26,43-47,53-61,69-71,101-106H,8,12-15,18,27-42,84H2,1-7H3,(H,85,109)(H,86,117)(H,87,118)(H,88,107)(H,89,120)(H,90,122)(H,91,119)(H,92,124)(H,93,126)(H,94,127)(H,95,121)(H,96,128)(H,97,108)(H,98,125)(H,99,123)(H,111,112)(H,113,114)(H,115,116)/t44-,45+,46+,47+,53-,54-,55-,56-,57-,58-,59-,60-,61-,69-,70-,71-/m0/s1. The average Bonchev–Trinajstić information content (AvgIpc) is 1.20. The molecule has 3 aromatic rings. The Morgan fingerprint density at radius 2 is 0.828 bits per heavy atom. The summed E-state index contributed by atoms with van der Waals surface area (Å²) in [4.78, 5) is 258. The highest BCUT2D eigenvalue weighted by Gasteiger charge is 2.40. The minimum Gasteiger partial charge on any atom is -0.508 e. The van der Waals surface area contributed by atoms with Crippen LogP contribution in [0.4, 0.5) is 0 Å². The number of likely N-dealkylation sites (tertiary alicyclic amines) is 1. The summed E-state index contributed by atoms with van der Waals surface area (Å²) in [5.74, 6) is -23.1. The molecule has 1 saturated heterocycles. The second kappa shape index (κ2) is 54.8. The number of aliphatic hydroxyl groups is 4. The van der Waals surface area contributed by atoms with Crippen LogP contribution < -0.4 is 85.5 Å². The molecule has 45 nitrogen and oxygen atoms in total. The molecule has 0 aromatic heterocycles. The number of aromatic hydroxyl groups is 2. The number of nitrogens with zero attached hydrogens (tertiary/aromatic N) is 1. The molecule has 16 amide bonds. The molecule has 0 bridgehead atoms. The quantitative estimate of drug-likeness (QED) is 0.0234. The zero-order valence-corrected chi connectivity index (χ0v) is 72.2. The van der Waals surface area contributed by atoms with Gasteiger partial charge in [-0.2, -0.15) is 0 Å². The molecular weight excluding hydrogens is 1680 g/mol. The maximum absolute atomic E-state index is 14.7. The lowest BCUT2D eigenvalue weighted by molar-refractivity contribution is -0.142. The van der Waals surface area contributed by atoms with Crippen LogP contribution in [0.1, 0.15) is 142 Å². The number of hydrogen-bond acceptors (Lipinski definition) is 26. The van der Waals surface area contributed by atoms with Gasteiger partial charge in [-0.25, -0.2) is 0 Å². The SMILES string of the molecule is CC[C@H](C)[C@H](NC(=O)[C@H](CO)NC(=O)[C@H](Cc1ccc(O)cc1)NC(=O)[C@H](CC(=O)O)NC(=O)[C@H](CO)NC(=O)[C@@H](NC(=O)[C@H](Cc1ccccc1)NC(=O)[C@@H](NC(=O)CNC(=O)[C@H](CCC(=O)O)NC(=O)CCNC(=O)CN1CCCC1=O)[C@@H](C)O)[C@@H](C)O)C(=O)N[C@@H](Cc1ccc(O)cc1)C(=O)N[C@@H](CC(C)C)C(=O)N[C@@H](CC(=O)O)C(=O)N[C@H](C)CCCCN. The Balaban J connectivity index is 1.54. The second-order valence-electron chi connectivity index (χ2n) is 31.5. The fourth-order valence-corrected chi connectivity index (χ4v) is 13.0. The van der Waals surface area contributed by atoms with Crippen molar-refractivity contribution >= 4 is 112 Å². The number of aliphatic hydroxyl groups excluding tert-OH is 4. The van der Waals surface area contributed by atoms with Gasteiger partial charge in [0.15, 0.2) is 0 Å². The van der Waals surface area contributed by atoms with Gasteiger partial charge in [0.05, 0.1) is 51.4 Å². The zero-order chi connectivity index (χ0) is 95.6. The fraction of sp³-hybridized carbons (Fsp3) is 0.554. The summed E-state index contributed by atoms with van der Waals surface area (Å²) in [6.07, 6.45) is -5.89. The molecule has 1 heterocycles. The van der Waals surface area contributed by atoms with E-state index < -0.39 is 268 Å². The topological polar surface area (TPSA) is 716 Å². The van der Waals surface area contributed by atoms with E-state index in [4.69, 9.17) is 5.73 Å². The molecule has 0 unspecified atom stereocenters. The van der Waals surface area contributed by atoms with E-state index in [0.29, 0.717) is 49.9 Å². The zero-order valence-electron chi connectivity index (χ0n) is 72.2. The van der Waals surface area contributed by atoms with E-state index >= 15 is 0 Å². The van der Waals surface area contributed by atoms with Crippen molar-refractivity contribution in [3.05, 3.63) is 95.6 Å². The summed E-state index contributed by atoms with van der Waals surface area (Å²) >= 11 is 0. The van der Waals surface area contributed by atoms with Gasteiger partial charge in [0.2, 0.25) is 94.5 Å². The highest BCUT2D eigenvalue weighted by molar-refractivity contribution is 6.01. The molecule has 45 heteroatoms. The first-order valence-corrected chi connectivity index (χ1v) is 41.7. The van der Waals surface area contributed by atoms with E-state index in [2.05, 4.69) is 79.8 Å². The summed E-state index contributed by atoms with van der Waals surface area (Å²) in [7, 11) is 0. The molecule has 0 aliphatic carbocycles. The van der Waals surface area contributed by atoms with Crippen molar-refractivity contribution < 1.29 is 137 Å². The second-order valence-corrected chi connectivity index (χ2v) is 31.5. The average molecular weight is 1800 g/mol. The van der Waals surface area contributed by atoms with Gasteiger partial charge in [0, 0.05) is 57.7 Å². The summed E-state index contributed by atoms with van der Waals surface area (Å²) < 4.78 is 0. The van der Waals surface area contributed by atoms with Gasteiger partial charge in [0.1, 0.15) is 84.0 Å². The number of nitrogens with two attached hydrogens (primary N) is 1. The number of carbonyl (C=O) groups excluding carboxylic acids is 16. The predicted octanol–water partition coefficient (Wildman–Crippen LogP) is -6.53. The van der Waals surface area contributed by atoms with Crippen LogP contribution in [0.15, 0.2) is 78.9 Å². The molecule has 0 saturated carbocycles.